The number of hydrogen-bond acceptors (Lipinski definition) is 11. The maximum Gasteiger partial charge on any atom is 0.189 e. The second-order valence-corrected chi connectivity index (χ2v) is 18.9. The van der Waals surface area contributed by atoms with Gasteiger partial charge in [-0.3, -0.25) is 0 Å². The van der Waals surface area contributed by atoms with Crippen LogP contribution in [0.15, 0.2) is 77.0 Å². The zero-order valence-corrected chi connectivity index (χ0v) is 37.3. The van der Waals surface area contributed by atoms with E-state index in [2.05, 4.69) is 23.5 Å². The van der Waals surface area contributed by atoms with Crippen molar-refractivity contribution in [3.8, 4) is 11.5 Å². The minimum Gasteiger partial charge on any atom is -0.592 e. The third-order valence-electron chi connectivity index (χ3n) is 14.2. The molecule has 2 saturated carbocycles. The monoisotopic (exact) mass is 868 g/mol. The van der Waals surface area contributed by atoms with Gasteiger partial charge in [-0.2, -0.15) is 12.0 Å². The number of allylic oxidation sites excluding steroid dienone is 1. The van der Waals surface area contributed by atoms with Crippen LogP contribution in [0.3, 0.4) is 0 Å². The fourth-order valence-corrected chi connectivity index (χ4v) is 10.9. The van der Waals surface area contributed by atoms with E-state index in [4.69, 9.17) is 20.2 Å². The van der Waals surface area contributed by atoms with Crippen LogP contribution in [0, 0.1) is 35.6 Å². The number of aliphatic hydroxyl groups excluding tert-OH is 5. The summed E-state index contributed by atoms with van der Waals surface area (Å²) in [6.45, 7) is 2.28. The summed E-state index contributed by atoms with van der Waals surface area (Å²) in [5.74, 6) is 3.38. The Labute approximate surface area is 375 Å². The predicted octanol–water partition coefficient (Wildman–Crippen LogP) is 7.20. The maximum absolute atomic E-state index is 11.4. The summed E-state index contributed by atoms with van der Waals surface area (Å²) >= 11 is 0. The number of phenolic OH excluding ortho intramolecular Hbond substituents is 1. The van der Waals surface area contributed by atoms with Gasteiger partial charge < -0.3 is 51.2 Å². The summed E-state index contributed by atoms with van der Waals surface area (Å²) in [5, 5.41) is 66.6. The van der Waals surface area contributed by atoms with Crippen molar-refractivity contribution < 1.29 is 40.1 Å². The number of hydrogen-bond donors (Lipinski definition) is 8. The third kappa shape index (κ3) is 12.3. The second-order valence-electron chi connectivity index (χ2n) is 18.9. The zero-order valence-electron chi connectivity index (χ0n) is 37.3. The highest BCUT2D eigenvalue weighted by Gasteiger charge is 2.50. The van der Waals surface area contributed by atoms with Gasteiger partial charge in [-0.05, 0) is 98.9 Å². The number of rotatable bonds is 24. The lowest BCUT2D eigenvalue weighted by Gasteiger charge is -2.32. The van der Waals surface area contributed by atoms with Gasteiger partial charge in [-0.25, -0.2) is 0 Å². The molecule has 5 aliphatic rings. The average Bonchev–Trinajstić information content (AvgIpc) is 4.02. The summed E-state index contributed by atoms with van der Waals surface area (Å²) in [6.07, 6.45) is 21.1. The summed E-state index contributed by atoms with van der Waals surface area (Å²) in [5.41, 5.74) is 11.7. The van der Waals surface area contributed by atoms with Crippen LogP contribution in [0.4, 0.5) is 0 Å². The van der Waals surface area contributed by atoms with Gasteiger partial charge in [-0.15, -0.1) is 4.99 Å². The molecule has 0 aromatic heterocycles. The molecule has 10 atom stereocenters. The van der Waals surface area contributed by atoms with Gasteiger partial charge in [0.2, 0.25) is 0 Å². The Hall–Kier alpha value is -3.81. The highest BCUT2D eigenvalue weighted by Crippen LogP contribution is 2.49. The van der Waals surface area contributed by atoms with E-state index in [0.717, 1.165) is 105 Å². The van der Waals surface area contributed by atoms with Crippen molar-refractivity contribution in [2.24, 2.45) is 34.4 Å². The number of benzene rings is 2. The summed E-state index contributed by atoms with van der Waals surface area (Å²) in [6, 6.07) is 14.0. The molecule has 63 heavy (non-hydrogen) atoms. The van der Waals surface area contributed by atoms with Gasteiger partial charge in [-0.1, -0.05) is 93.2 Å². The van der Waals surface area contributed by atoms with Crippen molar-refractivity contribution >= 4 is 11.8 Å². The molecule has 0 radical (unpaired) electrons. The number of ether oxygens (including phenoxy) is 2. The normalized spacial score (nSPS) is 25.9. The molecule has 2 aromatic carbocycles. The molecule has 7 rings (SSSR count). The Morgan fingerprint density at radius 2 is 1.86 bits per heavy atom. The van der Waals surface area contributed by atoms with Crippen molar-refractivity contribution in [2.75, 3.05) is 26.4 Å². The van der Waals surface area contributed by atoms with E-state index in [0.29, 0.717) is 49.4 Å². The van der Waals surface area contributed by atoms with Crippen molar-refractivity contribution in [1.29, 1.82) is 0 Å². The molecule has 11 heteroatoms. The van der Waals surface area contributed by atoms with E-state index in [1.165, 1.54) is 18.4 Å². The molecule has 344 valence electrons. The minimum atomic E-state index is -0.988. The lowest BCUT2D eigenvalue weighted by atomic mass is 9.74. The summed E-state index contributed by atoms with van der Waals surface area (Å²) in [7, 11) is 0. The largest absolute Gasteiger partial charge is 0.592 e. The number of unbranched alkanes of at least 4 members (excludes halogenated alkanes) is 3. The summed E-state index contributed by atoms with van der Waals surface area (Å²) in [4.78, 5) is 4.98. The first-order valence-electron chi connectivity index (χ1n) is 24.0. The Kier molecular flexibility index (Phi) is 17.1. The van der Waals surface area contributed by atoms with Crippen LogP contribution in [0.25, 0.3) is 6.08 Å². The first kappa shape index (κ1) is 47.2. The van der Waals surface area contributed by atoms with Gasteiger partial charge in [0.1, 0.15) is 12.2 Å². The Balaban J connectivity index is 0.848. The zero-order chi connectivity index (χ0) is 44.3. The number of aromatic hydroxyl groups is 1. The molecule has 2 fully saturated rings. The lowest BCUT2D eigenvalue weighted by Crippen LogP contribution is -2.44. The smallest absolute Gasteiger partial charge is 0.189 e. The Morgan fingerprint density at radius 3 is 2.68 bits per heavy atom. The molecule has 0 amide bonds. The van der Waals surface area contributed by atoms with E-state index in [1.807, 2.05) is 42.5 Å². The lowest BCUT2D eigenvalue weighted by molar-refractivity contribution is 0.120. The van der Waals surface area contributed by atoms with Crippen LogP contribution in [-0.2, 0) is 11.2 Å². The first-order chi connectivity index (χ1) is 30.6. The van der Waals surface area contributed by atoms with Crippen molar-refractivity contribution in [3.63, 3.8) is 0 Å². The van der Waals surface area contributed by atoms with Crippen LogP contribution in [0.2, 0.25) is 0 Å². The van der Waals surface area contributed by atoms with Gasteiger partial charge in [0.05, 0.1) is 24.2 Å². The summed E-state index contributed by atoms with van der Waals surface area (Å²) < 4.78 is 12.4. The molecule has 2 aromatic rings. The Morgan fingerprint density at radius 1 is 1.02 bits per heavy atom. The Bertz CT molecular complexity index is 1900. The van der Waals surface area contributed by atoms with E-state index >= 15 is 0 Å². The highest BCUT2D eigenvalue weighted by molar-refractivity contribution is 6.04. The van der Waals surface area contributed by atoms with E-state index < -0.39 is 18.3 Å². The fourth-order valence-electron chi connectivity index (χ4n) is 10.9. The maximum atomic E-state index is 11.4. The van der Waals surface area contributed by atoms with E-state index in [1.54, 1.807) is 13.0 Å². The van der Waals surface area contributed by atoms with Gasteiger partial charge in [0.15, 0.2) is 29.4 Å². The standard InChI is InChI=1S/C52H73N3O8/c1-33(58)30-54-45(15-9-25-56)51-41-14-8-11-35(41)21-23-44-43(51)29-46(55-44)48(60)32-62-50-26-34(18-24-47(50)59)17-22-40-28-38(31-57)49(63-40)16-5-3-2-4-12-39(53)27-37-20-19-36-10-6-7-13-42(36)52(37)61/h6-7,10,13,18-20,24,26,28-29,33,35,37,39,41,45,48-49,51-52,54,56-61H,2-5,8-9,11-12,14-17,21-23,25,27,30-32,53H2,1H3. The molecule has 10 unspecified atom stereocenters. The number of phenols is 1. The topological polar surface area (TPSA) is 190 Å². The van der Waals surface area contributed by atoms with Crippen LogP contribution in [0.1, 0.15) is 126 Å². The number of aliphatic imine (C=N–C) groups is 1. The molecule has 0 bridgehead atoms. The highest BCUT2D eigenvalue weighted by atomic mass is 16.5. The number of nitrogens with two attached hydrogens (primary N) is 1. The molecular weight excluding hydrogens is 795 g/mol. The van der Waals surface area contributed by atoms with E-state index in [9.17, 15) is 30.6 Å². The molecule has 11 nitrogen and oxygen atoms in total. The minimum absolute atomic E-state index is 0.000981. The van der Waals surface area contributed by atoms with Gasteiger partial charge in [0.25, 0.3) is 0 Å². The van der Waals surface area contributed by atoms with Crippen molar-refractivity contribution in [2.45, 2.75) is 146 Å². The number of fused-ring (bicyclic) bond motifs is 3. The molecule has 9 N–H and O–H groups in total. The van der Waals surface area contributed by atoms with Crippen molar-refractivity contribution in [1.82, 2.24) is 5.32 Å². The number of nitrogens with one attached hydrogen (secondary N) is 1. The first-order valence-corrected chi connectivity index (χ1v) is 24.0. The number of nitrogens with zero attached hydrogens (tertiary/aromatic N) is 1. The van der Waals surface area contributed by atoms with Gasteiger partial charge >= 0.3 is 0 Å². The second kappa shape index (κ2) is 22.9. The predicted molar refractivity (Wildman–Crippen MR) is 248 cm³/mol. The molecule has 0 saturated heterocycles. The molecule has 2 aliphatic heterocycles. The van der Waals surface area contributed by atoms with E-state index in [-0.39, 0.29) is 55.6 Å². The molecule has 3 aliphatic carbocycles. The molecule has 0 spiro atoms. The van der Waals surface area contributed by atoms with Crippen LogP contribution >= 0.6 is 0 Å². The van der Waals surface area contributed by atoms with Crippen molar-refractivity contribution in [3.05, 3.63) is 101 Å². The SMILES string of the molecule is CC(O)CNC(CCCO)C1C2=C[C+](C(O)COc3cc(CCC4=C[C-](CO)C(CCCCCCC(N)CC5C=Cc6ccccc6C5O)O4)ccc3O)N=C2CCC2CCCC21. The van der Waals surface area contributed by atoms with Crippen LogP contribution < -0.4 is 15.8 Å². The fraction of sp³-hybridized carbons (Fsp3) is 0.596. The van der Waals surface area contributed by atoms with Crippen LogP contribution in [0.5, 0.6) is 11.5 Å². The van der Waals surface area contributed by atoms with Gasteiger partial charge in [0, 0.05) is 50.3 Å². The average molecular weight is 868 g/mol. The quantitative estimate of drug-likeness (QED) is 0.0396. The number of aliphatic hydroxyl groups is 5. The molecule has 2 heterocycles. The molecular formula is C52H73N3O8. The van der Waals surface area contributed by atoms with Crippen LogP contribution in [-0.4, -0.2) is 93.1 Å². The third-order valence-corrected chi connectivity index (χ3v) is 14.2. The number of aryl methyl sites for hydroxylation is 1.